The third-order valence-electron chi connectivity index (χ3n) is 10.8. The van der Waals surface area contributed by atoms with Gasteiger partial charge in [-0.05, 0) is 82.0 Å². The number of anilines is 1. The molecule has 1 aliphatic carbocycles. The number of Topliss-reactive ketones (excluding diaryl/α,β-unsaturated/α-hetero) is 1. The van der Waals surface area contributed by atoms with E-state index in [1.807, 2.05) is 49.7 Å². The average molecular weight is 681 g/mol. The molecule has 5 rings (SSSR count). The highest BCUT2D eigenvalue weighted by Crippen LogP contribution is 2.55. The Morgan fingerprint density at radius 3 is 2.14 bits per heavy atom. The molecular weight excluding hydrogens is 628 g/mol. The van der Waals surface area contributed by atoms with Gasteiger partial charge in [0.05, 0.1) is 23.1 Å². The van der Waals surface area contributed by atoms with Crippen LogP contribution in [0.25, 0.3) is 0 Å². The number of aromatic carboxylic acids is 1. The second-order valence-corrected chi connectivity index (χ2v) is 14.4. The van der Waals surface area contributed by atoms with E-state index in [2.05, 4.69) is 25.7 Å². The minimum absolute atomic E-state index is 0.142. The number of carboxylic acids is 1. The average Bonchev–Trinajstić information content (AvgIpc) is 3.46. The number of ether oxygens (including phenoxy) is 1. The number of carbonyl (C=O) groups excluding carboxylic acids is 2. The van der Waals surface area contributed by atoms with E-state index in [4.69, 9.17) is 4.74 Å². The molecule has 0 amide bonds. The lowest BCUT2D eigenvalue weighted by Gasteiger charge is -2.37. The first-order valence-electron chi connectivity index (χ1n) is 18.4. The molecule has 0 atom stereocenters. The van der Waals surface area contributed by atoms with Crippen LogP contribution >= 0.6 is 0 Å². The third kappa shape index (κ3) is 6.33. The summed E-state index contributed by atoms with van der Waals surface area (Å²) in [6.45, 7) is 13.3. The van der Waals surface area contributed by atoms with Crippen molar-refractivity contribution in [2.75, 3.05) is 25.1 Å². The molecule has 50 heavy (non-hydrogen) atoms. The van der Waals surface area contributed by atoms with Crippen molar-refractivity contribution in [2.45, 2.75) is 110 Å². The number of benzene rings is 2. The first-order chi connectivity index (χ1) is 23.9. The lowest BCUT2D eigenvalue weighted by Crippen LogP contribution is -2.36. The van der Waals surface area contributed by atoms with Gasteiger partial charge in [0, 0.05) is 52.2 Å². The van der Waals surface area contributed by atoms with Crippen molar-refractivity contribution in [3.05, 3.63) is 93.4 Å². The monoisotopic (exact) mass is 680 g/mol. The van der Waals surface area contributed by atoms with Gasteiger partial charge in [-0.15, -0.1) is 0 Å². The van der Waals surface area contributed by atoms with Crippen LogP contribution in [0.4, 0.5) is 11.4 Å². The molecule has 2 aromatic carbocycles. The first kappa shape index (κ1) is 36.8. The van der Waals surface area contributed by atoms with Gasteiger partial charge in [-0.2, -0.15) is 4.58 Å². The van der Waals surface area contributed by atoms with Gasteiger partial charge in [0.2, 0.25) is 5.69 Å². The van der Waals surface area contributed by atoms with E-state index in [0.29, 0.717) is 12.2 Å². The quantitative estimate of drug-likeness (QED) is 0.0881. The first-order valence-corrected chi connectivity index (χ1v) is 18.4. The normalized spacial score (nSPS) is 18.9. The number of carbonyl (C=O) groups is 3. The summed E-state index contributed by atoms with van der Waals surface area (Å²) in [4.78, 5) is 41.0. The van der Waals surface area contributed by atoms with Crippen LogP contribution in [0, 0.1) is 0 Å². The Morgan fingerprint density at radius 2 is 1.54 bits per heavy atom. The van der Waals surface area contributed by atoms with E-state index in [1.165, 1.54) is 0 Å². The van der Waals surface area contributed by atoms with Crippen molar-refractivity contribution < 1.29 is 33.9 Å². The molecule has 8 heteroatoms. The van der Waals surface area contributed by atoms with Gasteiger partial charge < -0.3 is 19.8 Å². The van der Waals surface area contributed by atoms with Crippen LogP contribution < -0.4 is 10.0 Å². The standard InChI is InChI=1S/C42H52N2O6/c1-8-12-15-22-44-34-19-17-28(40(49)50-11-4)24-32(34)42(20-13-9-2,21-14-10-3)36(44)26-30-37(45)29(38(30)46)25-35-41(5,6)31-23-27(39(47)48)16-18-33(31)43(35)7/h16-19,23-26H,8-15,20-22H2,1-7H3,(H-,45,46,47,48). The molecule has 0 unspecified atom stereocenters. The van der Waals surface area contributed by atoms with Crippen molar-refractivity contribution >= 4 is 34.8 Å². The third-order valence-corrected chi connectivity index (χ3v) is 10.8. The summed E-state index contributed by atoms with van der Waals surface area (Å²) in [5, 5.41) is 23.6. The van der Waals surface area contributed by atoms with Crippen molar-refractivity contribution in [3.8, 4) is 0 Å². The molecule has 0 saturated heterocycles. The predicted molar refractivity (Wildman–Crippen MR) is 195 cm³/mol. The number of esters is 1. The van der Waals surface area contributed by atoms with Gasteiger partial charge in [-0.3, -0.25) is 4.79 Å². The van der Waals surface area contributed by atoms with Crippen LogP contribution in [0.1, 0.15) is 131 Å². The van der Waals surface area contributed by atoms with Crippen LogP contribution in [0.15, 0.2) is 71.2 Å². The van der Waals surface area contributed by atoms with Crippen LogP contribution in [0.5, 0.6) is 0 Å². The fraction of sp³-hybridized carbons (Fsp3) is 0.476. The largest absolute Gasteiger partial charge is 0.871 e. The molecule has 0 aromatic heterocycles. The Kier molecular flexibility index (Phi) is 10.9. The molecule has 0 radical (unpaired) electrons. The fourth-order valence-corrected chi connectivity index (χ4v) is 8.00. The lowest BCUT2D eigenvalue weighted by atomic mass is 9.70. The number of hydrogen-bond donors (Lipinski definition) is 1. The number of unbranched alkanes of at least 4 members (excludes halogenated alkanes) is 4. The molecule has 2 heterocycles. The van der Waals surface area contributed by atoms with E-state index in [-0.39, 0.29) is 34.2 Å². The maximum absolute atomic E-state index is 14.0. The predicted octanol–water partition coefficient (Wildman–Crippen LogP) is 7.90. The lowest BCUT2D eigenvalue weighted by molar-refractivity contribution is -0.401. The number of fused-ring (bicyclic) bond motifs is 2. The minimum Gasteiger partial charge on any atom is -0.871 e. The summed E-state index contributed by atoms with van der Waals surface area (Å²) in [5.74, 6) is -1.91. The molecular formula is C42H52N2O6. The Labute approximate surface area is 296 Å². The summed E-state index contributed by atoms with van der Waals surface area (Å²) in [7, 11) is 1.88. The SMILES string of the molecule is CCCCCN1/C(=C\C2=C([O-])C(=C/C3=[N+](C)c4ccc(C(=O)O)cc4C3(C)C)/C2=O)C(CCCC)(CCCC)c2cc(C(=O)OCC)ccc21. The number of rotatable bonds is 15. The highest BCUT2D eigenvalue weighted by atomic mass is 16.5. The molecule has 2 aliphatic heterocycles. The van der Waals surface area contributed by atoms with Gasteiger partial charge in [-0.1, -0.05) is 65.1 Å². The second-order valence-electron chi connectivity index (χ2n) is 14.4. The van der Waals surface area contributed by atoms with E-state index in [9.17, 15) is 24.6 Å². The van der Waals surface area contributed by atoms with Crippen LogP contribution in [-0.4, -0.2) is 53.3 Å². The number of allylic oxidation sites excluding steroid dienone is 5. The van der Waals surface area contributed by atoms with Crippen LogP contribution in [0.3, 0.4) is 0 Å². The summed E-state index contributed by atoms with van der Waals surface area (Å²) in [6, 6.07) is 10.9. The molecule has 2 aromatic rings. The Balaban J connectivity index is 1.64. The van der Waals surface area contributed by atoms with Crippen LogP contribution in [-0.2, 0) is 20.4 Å². The van der Waals surface area contributed by atoms with E-state index in [1.54, 1.807) is 31.2 Å². The van der Waals surface area contributed by atoms with Crippen molar-refractivity contribution in [1.29, 1.82) is 0 Å². The van der Waals surface area contributed by atoms with E-state index in [0.717, 1.165) is 98.2 Å². The Hall–Kier alpha value is -4.46. The topological polar surface area (TPSA) is 110 Å². The van der Waals surface area contributed by atoms with Gasteiger partial charge in [0.1, 0.15) is 7.05 Å². The number of ketones is 1. The van der Waals surface area contributed by atoms with E-state index >= 15 is 0 Å². The maximum atomic E-state index is 14.0. The highest BCUT2D eigenvalue weighted by molar-refractivity contribution is 6.24. The molecule has 3 aliphatic rings. The Morgan fingerprint density at radius 1 is 0.900 bits per heavy atom. The van der Waals surface area contributed by atoms with Gasteiger partial charge >= 0.3 is 11.9 Å². The second kappa shape index (κ2) is 14.8. The van der Waals surface area contributed by atoms with Gasteiger partial charge in [0.15, 0.2) is 11.5 Å². The molecule has 0 bridgehead atoms. The number of nitrogens with zero attached hydrogens (tertiary/aromatic N) is 2. The van der Waals surface area contributed by atoms with Gasteiger partial charge in [-0.25, -0.2) is 9.59 Å². The smallest absolute Gasteiger partial charge is 0.338 e. The molecule has 0 spiro atoms. The maximum Gasteiger partial charge on any atom is 0.338 e. The van der Waals surface area contributed by atoms with E-state index < -0.39 is 16.8 Å². The fourth-order valence-electron chi connectivity index (χ4n) is 8.00. The summed E-state index contributed by atoms with van der Waals surface area (Å²) in [6.07, 6.45) is 12.2. The molecule has 266 valence electrons. The van der Waals surface area contributed by atoms with Crippen molar-refractivity contribution in [3.63, 3.8) is 0 Å². The number of hydrogen-bond acceptors (Lipinski definition) is 6. The van der Waals surface area contributed by atoms with Crippen molar-refractivity contribution in [2.24, 2.45) is 0 Å². The zero-order valence-corrected chi connectivity index (χ0v) is 30.8. The Bertz CT molecular complexity index is 1820. The summed E-state index contributed by atoms with van der Waals surface area (Å²) < 4.78 is 7.34. The molecule has 8 nitrogen and oxygen atoms in total. The molecule has 0 fully saturated rings. The highest BCUT2D eigenvalue weighted by Gasteiger charge is 2.48. The zero-order valence-electron chi connectivity index (χ0n) is 30.8. The molecule has 0 saturated carbocycles. The summed E-state index contributed by atoms with van der Waals surface area (Å²) in [5.41, 5.74) is 5.49. The van der Waals surface area contributed by atoms with Crippen molar-refractivity contribution in [1.82, 2.24) is 0 Å². The minimum atomic E-state index is -1.00. The van der Waals surface area contributed by atoms with Crippen LogP contribution in [0.2, 0.25) is 0 Å². The zero-order chi connectivity index (χ0) is 36.4. The number of carboxylic acid groups (broad SMARTS) is 1. The summed E-state index contributed by atoms with van der Waals surface area (Å²) >= 11 is 0. The molecule has 1 N–H and O–H groups in total. The van der Waals surface area contributed by atoms with Gasteiger partial charge in [0.25, 0.3) is 0 Å².